The van der Waals surface area contributed by atoms with E-state index in [0.717, 1.165) is 32.4 Å². The Morgan fingerprint density at radius 1 is 1.08 bits per heavy atom. The number of carbonyl (C=O) groups is 1. The van der Waals surface area contributed by atoms with Crippen molar-refractivity contribution in [1.29, 1.82) is 0 Å². The van der Waals surface area contributed by atoms with Crippen molar-refractivity contribution >= 4 is 6.09 Å². The van der Waals surface area contributed by atoms with E-state index in [9.17, 15) is 9.18 Å². The SMILES string of the molecule is O=C(Oc1ccc(F)cc1)N1CCC(CCCCc2ccncc2)CC1. The summed E-state index contributed by atoms with van der Waals surface area (Å²) in [5.41, 5.74) is 1.35. The zero-order valence-corrected chi connectivity index (χ0v) is 14.9. The highest BCUT2D eigenvalue weighted by atomic mass is 19.1. The number of aryl methyl sites for hydroxylation is 1. The predicted octanol–water partition coefficient (Wildman–Crippen LogP) is 4.84. The van der Waals surface area contributed by atoms with Crippen molar-refractivity contribution in [1.82, 2.24) is 9.88 Å². The number of hydrogen-bond donors (Lipinski definition) is 0. The maximum absolute atomic E-state index is 12.9. The van der Waals surface area contributed by atoms with Crippen molar-refractivity contribution in [2.45, 2.75) is 38.5 Å². The Labute approximate surface area is 154 Å². The van der Waals surface area contributed by atoms with E-state index in [4.69, 9.17) is 4.74 Å². The van der Waals surface area contributed by atoms with Crippen LogP contribution in [-0.4, -0.2) is 29.1 Å². The minimum Gasteiger partial charge on any atom is -0.410 e. The Morgan fingerprint density at radius 2 is 1.77 bits per heavy atom. The standard InChI is InChI=1S/C21H25FN2O2/c22-19-5-7-20(8-6-19)26-21(25)24-15-11-18(12-16-24)4-2-1-3-17-9-13-23-14-10-17/h5-10,13-14,18H,1-4,11-12,15-16H2. The highest BCUT2D eigenvalue weighted by Gasteiger charge is 2.23. The number of halogens is 1. The summed E-state index contributed by atoms with van der Waals surface area (Å²) in [6.07, 6.45) is 10.1. The van der Waals surface area contributed by atoms with Crippen LogP contribution in [0.5, 0.6) is 5.75 Å². The van der Waals surface area contributed by atoms with E-state index < -0.39 is 0 Å². The molecule has 1 saturated heterocycles. The second-order valence-corrected chi connectivity index (χ2v) is 6.85. The van der Waals surface area contributed by atoms with Gasteiger partial charge in [-0.2, -0.15) is 0 Å². The van der Waals surface area contributed by atoms with Gasteiger partial charge in [-0.3, -0.25) is 4.98 Å². The van der Waals surface area contributed by atoms with Crippen molar-refractivity contribution in [3.05, 3.63) is 60.2 Å². The number of pyridine rings is 1. The molecule has 1 aromatic carbocycles. The number of carbonyl (C=O) groups excluding carboxylic acids is 1. The van der Waals surface area contributed by atoms with Gasteiger partial charge in [0.2, 0.25) is 0 Å². The van der Waals surface area contributed by atoms with Gasteiger partial charge in [-0.15, -0.1) is 0 Å². The summed E-state index contributed by atoms with van der Waals surface area (Å²) in [5.74, 6) is 0.728. The Bertz CT molecular complexity index is 683. The number of unbranched alkanes of at least 4 members (excludes halogenated alkanes) is 1. The van der Waals surface area contributed by atoms with E-state index >= 15 is 0 Å². The molecule has 0 aliphatic carbocycles. The van der Waals surface area contributed by atoms with Crippen molar-refractivity contribution in [3.8, 4) is 5.75 Å². The van der Waals surface area contributed by atoms with E-state index in [0.29, 0.717) is 11.7 Å². The minimum atomic E-state index is -0.340. The maximum Gasteiger partial charge on any atom is 0.415 e. The molecule has 1 aliphatic rings. The van der Waals surface area contributed by atoms with Crippen LogP contribution in [0.2, 0.25) is 0 Å². The zero-order valence-electron chi connectivity index (χ0n) is 14.9. The topological polar surface area (TPSA) is 42.4 Å². The van der Waals surface area contributed by atoms with Gasteiger partial charge in [0.25, 0.3) is 0 Å². The molecule has 26 heavy (non-hydrogen) atoms. The molecule has 5 heteroatoms. The third-order valence-electron chi connectivity index (χ3n) is 4.97. The molecule has 0 spiro atoms. The molecular formula is C21H25FN2O2. The van der Waals surface area contributed by atoms with Crippen molar-refractivity contribution in [2.75, 3.05) is 13.1 Å². The largest absolute Gasteiger partial charge is 0.415 e. The molecule has 0 saturated carbocycles. The fourth-order valence-electron chi connectivity index (χ4n) is 3.38. The molecule has 0 N–H and O–H groups in total. The molecule has 1 amide bonds. The van der Waals surface area contributed by atoms with Crippen LogP contribution < -0.4 is 4.74 Å². The van der Waals surface area contributed by atoms with Gasteiger partial charge in [-0.05, 0) is 73.6 Å². The second-order valence-electron chi connectivity index (χ2n) is 6.85. The molecule has 2 heterocycles. The van der Waals surface area contributed by atoms with Crippen molar-refractivity contribution in [3.63, 3.8) is 0 Å². The van der Waals surface area contributed by atoms with Gasteiger partial charge in [-0.25, -0.2) is 9.18 Å². The van der Waals surface area contributed by atoms with Crippen LogP contribution in [0.3, 0.4) is 0 Å². The van der Waals surface area contributed by atoms with Gasteiger partial charge in [0, 0.05) is 25.5 Å². The molecule has 4 nitrogen and oxygen atoms in total. The first kappa shape index (κ1) is 18.4. The quantitative estimate of drug-likeness (QED) is 0.695. The smallest absolute Gasteiger partial charge is 0.410 e. The molecule has 0 atom stereocenters. The summed E-state index contributed by atoms with van der Waals surface area (Å²) in [5, 5.41) is 0. The lowest BCUT2D eigenvalue weighted by atomic mass is 9.91. The van der Waals surface area contributed by atoms with E-state index in [2.05, 4.69) is 17.1 Å². The molecule has 1 aliphatic heterocycles. The number of likely N-dealkylation sites (tertiary alicyclic amines) is 1. The van der Waals surface area contributed by atoms with Crippen LogP contribution in [0, 0.1) is 11.7 Å². The molecule has 0 unspecified atom stereocenters. The lowest BCUT2D eigenvalue weighted by molar-refractivity contribution is 0.129. The van der Waals surface area contributed by atoms with Crippen LogP contribution in [0.25, 0.3) is 0 Å². The highest BCUT2D eigenvalue weighted by molar-refractivity contribution is 5.70. The Hall–Kier alpha value is -2.43. The molecule has 1 aromatic heterocycles. The number of benzene rings is 1. The fraction of sp³-hybridized carbons (Fsp3) is 0.429. The summed E-state index contributed by atoms with van der Waals surface area (Å²) >= 11 is 0. The molecule has 2 aromatic rings. The second kappa shape index (κ2) is 9.32. The fourth-order valence-corrected chi connectivity index (χ4v) is 3.38. The lowest BCUT2D eigenvalue weighted by Crippen LogP contribution is -2.40. The molecule has 0 radical (unpaired) electrons. The van der Waals surface area contributed by atoms with Gasteiger partial charge in [0.1, 0.15) is 11.6 Å². The number of piperidine rings is 1. The summed E-state index contributed by atoms with van der Waals surface area (Å²) in [6.45, 7) is 1.46. The van der Waals surface area contributed by atoms with Gasteiger partial charge < -0.3 is 9.64 Å². The molecule has 0 bridgehead atoms. The average molecular weight is 356 g/mol. The number of hydrogen-bond acceptors (Lipinski definition) is 3. The molecule has 3 rings (SSSR count). The highest BCUT2D eigenvalue weighted by Crippen LogP contribution is 2.24. The Morgan fingerprint density at radius 3 is 2.46 bits per heavy atom. The lowest BCUT2D eigenvalue weighted by Gasteiger charge is -2.31. The van der Waals surface area contributed by atoms with Crippen LogP contribution in [0.1, 0.15) is 37.7 Å². The molecule has 1 fully saturated rings. The van der Waals surface area contributed by atoms with Gasteiger partial charge in [-0.1, -0.05) is 12.8 Å². The first-order chi connectivity index (χ1) is 12.7. The minimum absolute atomic E-state index is 0.338. The Balaban J connectivity index is 1.33. The third-order valence-corrected chi connectivity index (χ3v) is 4.97. The van der Waals surface area contributed by atoms with Crippen LogP contribution in [-0.2, 0) is 6.42 Å². The van der Waals surface area contributed by atoms with Crippen molar-refractivity contribution < 1.29 is 13.9 Å². The van der Waals surface area contributed by atoms with Crippen LogP contribution in [0.4, 0.5) is 9.18 Å². The number of aromatic nitrogens is 1. The first-order valence-electron chi connectivity index (χ1n) is 9.32. The molecule has 138 valence electrons. The van der Waals surface area contributed by atoms with E-state index in [1.807, 2.05) is 12.4 Å². The van der Waals surface area contributed by atoms with E-state index in [-0.39, 0.29) is 11.9 Å². The number of nitrogens with zero attached hydrogens (tertiary/aromatic N) is 2. The molecular weight excluding hydrogens is 331 g/mol. The van der Waals surface area contributed by atoms with Crippen LogP contribution >= 0.6 is 0 Å². The number of ether oxygens (including phenoxy) is 1. The van der Waals surface area contributed by atoms with Gasteiger partial charge >= 0.3 is 6.09 Å². The van der Waals surface area contributed by atoms with Crippen molar-refractivity contribution in [2.24, 2.45) is 5.92 Å². The zero-order chi connectivity index (χ0) is 18.2. The number of rotatable bonds is 6. The van der Waals surface area contributed by atoms with Gasteiger partial charge in [0.15, 0.2) is 0 Å². The maximum atomic E-state index is 12.9. The average Bonchev–Trinajstić information content (AvgIpc) is 2.68. The van der Waals surface area contributed by atoms with E-state index in [1.165, 1.54) is 49.1 Å². The predicted molar refractivity (Wildman–Crippen MR) is 98.5 cm³/mol. The normalized spacial score (nSPS) is 15.0. The van der Waals surface area contributed by atoms with E-state index in [1.54, 1.807) is 4.90 Å². The van der Waals surface area contributed by atoms with Gasteiger partial charge in [0.05, 0.1) is 0 Å². The van der Waals surface area contributed by atoms with Crippen LogP contribution in [0.15, 0.2) is 48.8 Å². The summed E-state index contributed by atoms with van der Waals surface area (Å²) in [7, 11) is 0. The monoisotopic (exact) mass is 356 g/mol. The summed E-state index contributed by atoms with van der Waals surface area (Å²) < 4.78 is 18.2. The Kier molecular flexibility index (Phi) is 6.58. The summed E-state index contributed by atoms with van der Waals surface area (Å²) in [6, 6.07) is 9.68. The first-order valence-corrected chi connectivity index (χ1v) is 9.32. The summed E-state index contributed by atoms with van der Waals surface area (Å²) in [4.78, 5) is 18.0. The number of amides is 1. The third kappa shape index (κ3) is 5.55.